The molecule has 100 valence electrons. The third-order valence-electron chi connectivity index (χ3n) is 2.34. The zero-order valence-electron chi connectivity index (χ0n) is 9.87. The Kier molecular flexibility index (Phi) is 4.94. The van der Waals surface area contributed by atoms with Gasteiger partial charge in [-0.1, -0.05) is 0 Å². The van der Waals surface area contributed by atoms with Crippen LogP contribution < -0.4 is 5.32 Å². The van der Waals surface area contributed by atoms with Crippen LogP contribution in [0.25, 0.3) is 0 Å². The normalized spacial score (nSPS) is 11.1. The third kappa shape index (κ3) is 5.03. The van der Waals surface area contributed by atoms with E-state index in [0.29, 0.717) is 6.42 Å². The van der Waals surface area contributed by atoms with Crippen molar-refractivity contribution in [1.82, 2.24) is 15.2 Å². The molecule has 0 spiro atoms. The molecule has 1 N–H and O–H groups in total. The lowest BCUT2D eigenvalue weighted by Crippen LogP contribution is -2.47. The van der Waals surface area contributed by atoms with E-state index in [1.165, 1.54) is 0 Å². The van der Waals surface area contributed by atoms with E-state index in [2.05, 4.69) is 4.98 Å². The first-order valence-corrected chi connectivity index (χ1v) is 5.45. The van der Waals surface area contributed by atoms with Crippen molar-refractivity contribution in [2.24, 2.45) is 0 Å². The molecule has 0 unspecified atom stereocenters. The minimum absolute atomic E-state index is 0.215. The number of nitrogens with one attached hydrogen (secondary N) is 1. The van der Waals surface area contributed by atoms with Crippen LogP contribution in [0.4, 0.5) is 18.0 Å². The number of urea groups is 1. The van der Waals surface area contributed by atoms with E-state index in [-0.39, 0.29) is 13.1 Å². The van der Waals surface area contributed by atoms with Gasteiger partial charge in [0.1, 0.15) is 0 Å². The maximum Gasteiger partial charge on any atom is 0.485 e. The summed E-state index contributed by atoms with van der Waals surface area (Å²) in [4.78, 5) is 16.2. The number of nitrogens with zero attached hydrogens (tertiary/aromatic N) is 2. The lowest BCUT2D eigenvalue weighted by molar-refractivity contribution is -0.147. The van der Waals surface area contributed by atoms with E-state index >= 15 is 0 Å². The Morgan fingerprint density at radius 1 is 1.39 bits per heavy atom. The number of rotatable bonds is 4. The zero-order valence-corrected chi connectivity index (χ0v) is 9.87. The summed E-state index contributed by atoms with van der Waals surface area (Å²) >= 11 is 0. The second-order valence-corrected chi connectivity index (χ2v) is 3.61. The van der Waals surface area contributed by atoms with Gasteiger partial charge in [0.15, 0.2) is 0 Å². The monoisotopic (exact) mass is 261 g/mol. The van der Waals surface area contributed by atoms with Crippen molar-refractivity contribution in [3.63, 3.8) is 0 Å². The van der Waals surface area contributed by atoms with Crippen LogP contribution in [0.3, 0.4) is 0 Å². The van der Waals surface area contributed by atoms with Crippen LogP contribution in [-0.2, 0) is 6.42 Å². The van der Waals surface area contributed by atoms with Gasteiger partial charge in [-0.3, -0.25) is 4.98 Å². The van der Waals surface area contributed by atoms with Gasteiger partial charge < -0.3 is 4.90 Å². The second-order valence-electron chi connectivity index (χ2n) is 3.61. The van der Waals surface area contributed by atoms with Crippen molar-refractivity contribution in [2.45, 2.75) is 19.6 Å². The molecular formula is C11H14F3N3O. The maximum absolute atomic E-state index is 12.0. The molecule has 4 nitrogen and oxygen atoms in total. The zero-order chi connectivity index (χ0) is 13.6. The Balaban J connectivity index is 2.50. The van der Waals surface area contributed by atoms with Crippen molar-refractivity contribution in [2.75, 3.05) is 13.1 Å². The van der Waals surface area contributed by atoms with Crippen LogP contribution in [0.2, 0.25) is 0 Å². The molecule has 0 radical (unpaired) electrons. The SMILES string of the molecule is CCN(CCc1ccncc1)C(=O)NC(F)(F)F. The molecule has 0 aliphatic rings. The highest BCUT2D eigenvalue weighted by Gasteiger charge is 2.31. The van der Waals surface area contributed by atoms with Gasteiger partial charge in [0.25, 0.3) is 0 Å². The quantitative estimate of drug-likeness (QED) is 0.844. The average Bonchev–Trinajstić information content (AvgIpc) is 2.29. The molecule has 0 fully saturated rings. The Bertz CT molecular complexity index is 381. The van der Waals surface area contributed by atoms with E-state index in [1.54, 1.807) is 31.5 Å². The standard InChI is InChI=1S/C11H14F3N3O/c1-2-17(10(18)16-11(12,13)14)8-5-9-3-6-15-7-4-9/h3-4,6-7H,2,5,8H2,1H3,(H,16,18). The summed E-state index contributed by atoms with van der Waals surface area (Å²) in [7, 11) is 0. The van der Waals surface area contributed by atoms with Crippen molar-refractivity contribution >= 4 is 6.03 Å². The first-order valence-electron chi connectivity index (χ1n) is 5.45. The fourth-order valence-corrected chi connectivity index (χ4v) is 1.42. The highest BCUT2D eigenvalue weighted by atomic mass is 19.4. The topological polar surface area (TPSA) is 45.2 Å². The number of pyridine rings is 1. The van der Waals surface area contributed by atoms with E-state index in [1.807, 2.05) is 0 Å². The first kappa shape index (κ1) is 14.3. The number of hydrogen-bond acceptors (Lipinski definition) is 2. The van der Waals surface area contributed by atoms with Crippen molar-refractivity contribution < 1.29 is 18.0 Å². The number of hydrogen-bond donors (Lipinski definition) is 1. The van der Waals surface area contributed by atoms with Crippen LogP contribution in [-0.4, -0.2) is 35.3 Å². The molecule has 2 amide bonds. The van der Waals surface area contributed by atoms with Crippen LogP contribution in [0, 0.1) is 0 Å². The van der Waals surface area contributed by atoms with Crippen molar-refractivity contribution in [1.29, 1.82) is 0 Å². The van der Waals surface area contributed by atoms with Gasteiger partial charge in [0.05, 0.1) is 0 Å². The number of aromatic nitrogens is 1. The minimum Gasteiger partial charge on any atom is -0.325 e. The lowest BCUT2D eigenvalue weighted by atomic mass is 10.2. The summed E-state index contributed by atoms with van der Waals surface area (Å²) in [5, 5.41) is 0.981. The molecule has 1 aromatic heterocycles. The Labute approximate surface area is 103 Å². The summed E-state index contributed by atoms with van der Waals surface area (Å²) in [6.07, 6.45) is -1.01. The number of carbonyl (C=O) groups is 1. The van der Waals surface area contributed by atoms with Crippen LogP contribution >= 0.6 is 0 Å². The molecule has 0 atom stereocenters. The molecule has 0 aliphatic heterocycles. The molecular weight excluding hydrogens is 247 g/mol. The number of halogens is 3. The smallest absolute Gasteiger partial charge is 0.325 e. The molecule has 0 bridgehead atoms. The summed E-state index contributed by atoms with van der Waals surface area (Å²) < 4.78 is 36.0. The molecule has 0 aliphatic carbocycles. The lowest BCUT2D eigenvalue weighted by Gasteiger charge is -2.22. The summed E-state index contributed by atoms with van der Waals surface area (Å²) in [6.45, 7) is 2.07. The molecule has 1 aromatic rings. The van der Waals surface area contributed by atoms with Crippen LogP contribution in [0.15, 0.2) is 24.5 Å². The number of likely N-dealkylation sites (N-methyl/N-ethyl adjacent to an activating group) is 1. The Morgan fingerprint density at radius 3 is 2.50 bits per heavy atom. The molecule has 0 saturated heterocycles. The Morgan fingerprint density at radius 2 is 2.00 bits per heavy atom. The summed E-state index contributed by atoms with van der Waals surface area (Å²) in [5.74, 6) is 0. The van der Waals surface area contributed by atoms with Crippen molar-refractivity contribution in [3.8, 4) is 0 Å². The van der Waals surface area contributed by atoms with Crippen molar-refractivity contribution in [3.05, 3.63) is 30.1 Å². The van der Waals surface area contributed by atoms with Gasteiger partial charge in [-0.05, 0) is 31.0 Å². The number of alkyl halides is 3. The van der Waals surface area contributed by atoms with Crippen LogP contribution in [0.1, 0.15) is 12.5 Å². The number of amides is 2. The molecule has 0 aromatic carbocycles. The molecule has 7 heteroatoms. The van der Waals surface area contributed by atoms with Gasteiger partial charge in [-0.15, -0.1) is 0 Å². The van der Waals surface area contributed by atoms with E-state index in [4.69, 9.17) is 0 Å². The second kappa shape index (κ2) is 6.23. The number of carbonyl (C=O) groups excluding carboxylic acids is 1. The fourth-order valence-electron chi connectivity index (χ4n) is 1.42. The first-order chi connectivity index (χ1) is 8.42. The minimum atomic E-state index is -4.69. The third-order valence-corrected chi connectivity index (χ3v) is 2.34. The predicted molar refractivity (Wildman–Crippen MR) is 59.8 cm³/mol. The fraction of sp³-hybridized carbons (Fsp3) is 0.455. The highest BCUT2D eigenvalue weighted by Crippen LogP contribution is 2.10. The van der Waals surface area contributed by atoms with Gasteiger partial charge >= 0.3 is 12.3 Å². The van der Waals surface area contributed by atoms with Crippen LogP contribution in [0.5, 0.6) is 0 Å². The molecule has 0 saturated carbocycles. The largest absolute Gasteiger partial charge is 0.485 e. The van der Waals surface area contributed by atoms with Gasteiger partial charge in [0, 0.05) is 25.5 Å². The average molecular weight is 261 g/mol. The van der Waals surface area contributed by atoms with E-state index in [0.717, 1.165) is 15.8 Å². The molecule has 1 heterocycles. The van der Waals surface area contributed by atoms with Gasteiger partial charge in [-0.2, -0.15) is 13.2 Å². The molecule has 18 heavy (non-hydrogen) atoms. The van der Waals surface area contributed by atoms with E-state index in [9.17, 15) is 18.0 Å². The van der Waals surface area contributed by atoms with E-state index < -0.39 is 12.3 Å². The van der Waals surface area contributed by atoms with Gasteiger partial charge in [-0.25, -0.2) is 10.1 Å². The Hall–Kier alpha value is -1.79. The summed E-state index contributed by atoms with van der Waals surface area (Å²) in [6, 6.07) is 2.39. The maximum atomic E-state index is 12.0. The summed E-state index contributed by atoms with van der Waals surface area (Å²) in [5.41, 5.74) is 0.920. The molecule has 1 rings (SSSR count). The van der Waals surface area contributed by atoms with Gasteiger partial charge in [0.2, 0.25) is 0 Å². The highest BCUT2D eigenvalue weighted by molar-refractivity contribution is 5.74. The predicted octanol–water partition coefficient (Wildman–Crippen LogP) is 2.18.